The molecule has 16 heavy (non-hydrogen) atoms. The Morgan fingerprint density at radius 3 is 2.56 bits per heavy atom. The molecule has 2 rings (SSSR count). The van der Waals surface area contributed by atoms with Crippen LogP contribution in [0.15, 0.2) is 36.5 Å². The first-order valence-electron chi connectivity index (χ1n) is 4.72. The van der Waals surface area contributed by atoms with Crippen molar-refractivity contribution in [3.8, 4) is 17.2 Å². The maximum Gasteiger partial charge on any atom is 0.140 e. The van der Waals surface area contributed by atoms with Gasteiger partial charge in [0.25, 0.3) is 0 Å². The topological polar surface area (TPSA) is 88.7 Å². The van der Waals surface area contributed by atoms with Crippen LogP contribution in [0, 0.1) is 11.3 Å². The minimum Gasteiger partial charge on any atom is -0.399 e. The van der Waals surface area contributed by atoms with E-state index in [-0.39, 0.29) is 0 Å². The SMILES string of the molecule is N#Cc1ccc(-c2cc(N)ccc2N)cn1. The van der Waals surface area contributed by atoms with Crippen LogP contribution in [0.5, 0.6) is 0 Å². The summed E-state index contributed by atoms with van der Waals surface area (Å²) in [6.45, 7) is 0. The smallest absolute Gasteiger partial charge is 0.140 e. The Bertz CT molecular complexity index is 552. The number of pyridine rings is 1. The molecule has 0 amide bonds. The summed E-state index contributed by atoms with van der Waals surface area (Å²) in [4.78, 5) is 3.99. The molecule has 1 aromatic carbocycles. The molecule has 0 atom stereocenters. The molecule has 0 saturated heterocycles. The summed E-state index contributed by atoms with van der Waals surface area (Å²) in [5, 5.41) is 8.64. The van der Waals surface area contributed by atoms with E-state index in [1.807, 2.05) is 6.07 Å². The van der Waals surface area contributed by atoms with E-state index in [1.54, 1.807) is 36.5 Å². The van der Waals surface area contributed by atoms with Crippen molar-refractivity contribution < 1.29 is 0 Å². The van der Waals surface area contributed by atoms with Gasteiger partial charge in [-0.2, -0.15) is 5.26 Å². The number of nitriles is 1. The zero-order valence-electron chi connectivity index (χ0n) is 8.51. The van der Waals surface area contributed by atoms with Crippen molar-refractivity contribution in [3.63, 3.8) is 0 Å². The lowest BCUT2D eigenvalue weighted by Gasteiger charge is -2.06. The van der Waals surface area contributed by atoms with Gasteiger partial charge in [-0.15, -0.1) is 0 Å². The largest absolute Gasteiger partial charge is 0.399 e. The second-order valence-corrected chi connectivity index (χ2v) is 3.39. The van der Waals surface area contributed by atoms with Crippen LogP contribution in [0.1, 0.15) is 5.69 Å². The zero-order valence-corrected chi connectivity index (χ0v) is 8.51. The van der Waals surface area contributed by atoms with E-state index in [1.165, 1.54) is 0 Å². The van der Waals surface area contributed by atoms with Crippen molar-refractivity contribution in [2.45, 2.75) is 0 Å². The molecule has 78 valence electrons. The molecule has 4 N–H and O–H groups in total. The maximum atomic E-state index is 8.64. The molecule has 4 heteroatoms. The maximum absolute atomic E-state index is 8.64. The Hall–Kier alpha value is -2.54. The van der Waals surface area contributed by atoms with Gasteiger partial charge in [-0.1, -0.05) is 0 Å². The van der Waals surface area contributed by atoms with Gasteiger partial charge >= 0.3 is 0 Å². The number of nitrogens with zero attached hydrogens (tertiary/aromatic N) is 2. The minimum absolute atomic E-state index is 0.381. The molecule has 0 aliphatic rings. The summed E-state index contributed by atoms with van der Waals surface area (Å²) in [7, 11) is 0. The number of benzene rings is 1. The molecule has 1 aromatic heterocycles. The summed E-state index contributed by atoms with van der Waals surface area (Å²) in [6.07, 6.45) is 1.61. The fourth-order valence-corrected chi connectivity index (χ4v) is 1.44. The van der Waals surface area contributed by atoms with Gasteiger partial charge in [0.2, 0.25) is 0 Å². The lowest BCUT2D eigenvalue weighted by atomic mass is 10.0. The number of hydrogen-bond acceptors (Lipinski definition) is 4. The van der Waals surface area contributed by atoms with E-state index >= 15 is 0 Å². The van der Waals surface area contributed by atoms with Crippen molar-refractivity contribution in [1.82, 2.24) is 4.98 Å². The Labute approximate surface area is 93.1 Å². The van der Waals surface area contributed by atoms with Crippen LogP contribution < -0.4 is 11.5 Å². The second-order valence-electron chi connectivity index (χ2n) is 3.39. The highest BCUT2D eigenvalue weighted by molar-refractivity contribution is 5.78. The summed E-state index contributed by atoms with van der Waals surface area (Å²) in [5.41, 5.74) is 14.9. The number of nitrogens with two attached hydrogens (primary N) is 2. The highest BCUT2D eigenvalue weighted by Crippen LogP contribution is 2.27. The van der Waals surface area contributed by atoms with E-state index in [2.05, 4.69) is 4.98 Å². The van der Waals surface area contributed by atoms with E-state index < -0.39 is 0 Å². The minimum atomic E-state index is 0.381. The van der Waals surface area contributed by atoms with Gasteiger partial charge in [-0.05, 0) is 30.3 Å². The highest BCUT2D eigenvalue weighted by atomic mass is 14.7. The van der Waals surface area contributed by atoms with Crippen molar-refractivity contribution in [3.05, 3.63) is 42.2 Å². The molecule has 0 radical (unpaired) electrons. The third kappa shape index (κ3) is 1.79. The average molecular weight is 210 g/mol. The summed E-state index contributed by atoms with van der Waals surface area (Å²) >= 11 is 0. The third-order valence-electron chi connectivity index (χ3n) is 2.27. The van der Waals surface area contributed by atoms with Crippen LogP contribution >= 0.6 is 0 Å². The third-order valence-corrected chi connectivity index (χ3v) is 2.27. The van der Waals surface area contributed by atoms with Crippen LogP contribution in [0.2, 0.25) is 0 Å². The molecule has 0 bridgehead atoms. The standard InChI is InChI=1S/C12H10N4/c13-6-10-3-1-8(7-16-10)11-5-9(14)2-4-12(11)15/h1-5,7H,14-15H2. The molecular weight excluding hydrogens is 200 g/mol. The van der Waals surface area contributed by atoms with Gasteiger partial charge in [0.1, 0.15) is 11.8 Å². The van der Waals surface area contributed by atoms with Crippen LogP contribution in [0.4, 0.5) is 11.4 Å². The molecule has 2 aromatic rings. The van der Waals surface area contributed by atoms with Gasteiger partial charge in [-0.25, -0.2) is 4.98 Å². The van der Waals surface area contributed by atoms with Gasteiger partial charge in [0.05, 0.1) is 0 Å². The lowest BCUT2D eigenvalue weighted by molar-refractivity contribution is 1.27. The molecule has 0 saturated carbocycles. The Morgan fingerprint density at radius 2 is 1.94 bits per heavy atom. The zero-order chi connectivity index (χ0) is 11.5. The first-order valence-corrected chi connectivity index (χ1v) is 4.72. The molecule has 0 aliphatic heterocycles. The predicted octanol–water partition coefficient (Wildman–Crippen LogP) is 1.78. The first kappa shape index (κ1) is 9.99. The molecular formula is C12H10N4. The van der Waals surface area contributed by atoms with Crippen molar-refractivity contribution in [1.29, 1.82) is 5.26 Å². The first-order chi connectivity index (χ1) is 7.70. The van der Waals surface area contributed by atoms with Crippen LogP contribution in [0.25, 0.3) is 11.1 Å². The van der Waals surface area contributed by atoms with Crippen LogP contribution in [-0.4, -0.2) is 4.98 Å². The normalized spacial score (nSPS) is 9.69. The number of hydrogen-bond donors (Lipinski definition) is 2. The molecule has 0 aliphatic carbocycles. The number of rotatable bonds is 1. The number of nitrogen functional groups attached to an aromatic ring is 2. The van der Waals surface area contributed by atoms with Crippen LogP contribution in [-0.2, 0) is 0 Å². The summed E-state index contributed by atoms with van der Waals surface area (Å²) in [6, 6.07) is 10.7. The predicted molar refractivity (Wildman–Crippen MR) is 63.2 cm³/mol. The lowest BCUT2D eigenvalue weighted by Crippen LogP contribution is -1.93. The quantitative estimate of drug-likeness (QED) is 0.702. The van der Waals surface area contributed by atoms with E-state index in [4.69, 9.17) is 16.7 Å². The van der Waals surface area contributed by atoms with Gasteiger partial charge in [0.15, 0.2) is 0 Å². The molecule has 0 fully saturated rings. The molecule has 0 spiro atoms. The second kappa shape index (κ2) is 3.91. The van der Waals surface area contributed by atoms with Crippen molar-refractivity contribution >= 4 is 11.4 Å². The van der Waals surface area contributed by atoms with E-state index in [0.717, 1.165) is 11.1 Å². The molecule has 4 nitrogen and oxygen atoms in total. The molecule has 0 unspecified atom stereocenters. The van der Waals surface area contributed by atoms with Gasteiger partial charge < -0.3 is 11.5 Å². The number of anilines is 2. The average Bonchev–Trinajstić information content (AvgIpc) is 2.32. The van der Waals surface area contributed by atoms with Gasteiger partial charge in [-0.3, -0.25) is 0 Å². The summed E-state index contributed by atoms with van der Waals surface area (Å²) in [5.74, 6) is 0. The van der Waals surface area contributed by atoms with E-state index in [9.17, 15) is 0 Å². The monoisotopic (exact) mass is 210 g/mol. The van der Waals surface area contributed by atoms with Crippen LogP contribution in [0.3, 0.4) is 0 Å². The fourth-order valence-electron chi connectivity index (χ4n) is 1.44. The van der Waals surface area contributed by atoms with Crippen molar-refractivity contribution in [2.24, 2.45) is 0 Å². The summed E-state index contributed by atoms with van der Waals surface area (Å²) < 4.78 is 0. The molecule has 1 heterocycles. The Balaban J connectivity index is 2.50. The number of aromatic nitrogens is 1. The van der Waals surface area contributed by atoms with Crippen molar-refractivity contribution in [2.75, 3.05) is 11.5 Å². The Morgan fingerprint density at radius 1 is 1.12 bits per heavy atom. The Kier molecular flexibility index (Phi) is 2.44. The van der Waals surface area contributed by atoms with Gasteiger partial charge in [0, 0.05) is 28.7 Å². The van der Waals surface area contributed by atoms with E-state index in [0.29, 0.717) is 17.1 Å². The highest BCUT2D eigenvalue weighted by Gasteiger charge is 2.03. The fraction of sp³-hybridized carbons (Fsp3) is 0.